The Morgan fingerprint density at radius 3 is 1.47 bits per heavy atom. The molecule has 15 heavy (non-hydrogen) atoms. The average Bonchev–Trinajstić information content (AvgIpc) is 2.04. The Morgan fingerprint density at radius 1 is 1.33 bits per heavy atom. The normalized spacial score (nSPS) is 5.33. The van der Waals surface area contributed by atoms with Crippen molar-refractivity contribution in [2.45, 2.75) is 13.8 Å². The van der Waals surface area contributed by atoms with Crippen molar-refractivity contribution >= 4 is 18.4 Å². The molecule has 0 saturated heterocycles. The first-order valence-corrected chi connectivity index (χ1v) is 2.88. The van der Waals surface area contributed by atoms with E-state index in [1.807, 2.05) is 0 Å². The number of aliphatic carboxylic acids is 1. The molecule has 0 unspecified atom stereocenters. The van der Waals surface area contributed by atoms with Gasteiger partial charge in [-0.25, -0.2) is 0 Å². The topological polar surface area (TPSA) is 113 Å². The van der Waals surface area contributed by atoms with Crippen molar-refractivity contribution in [2.24, 2.45) is 0 Å². The Morgan fingerprint density at radius 2 is 1.47 bits per heavy atom. The second-order valence-corrected chi connectivity index (χ2v) is 1.41. The summed E-state index contributed by atoms with van der Waals surface area (Å²) in [6.07, 6.45) is 0. The second-order valence-electron chi connectivity index (χ2n) is 1.41. The largest absolute Gasteiger partial charge is 1.00 e. The molecule has 0 amide bonds. The molecule has 0 aliphatic rings. The summed E-state index contributed by atoms with van der Waals surface area (Å²) in [5, 5.41) is 15.8. The van der Waals surface area contributed by atoms with Crippen molar-refractivity contribution in [3.05, 3.63) is 0 Å². The zero-order valence-corrected chi connectivity index (χ0v) is 15.7. The fraction of sp³-hybridized carbons (Fsp3) is 0.500. The number of carbonyl (C=O) groups is 3. The molecule has 80 valence electrons. The molecule has 0 heterocycles. The fourth-order valence-electron chi connectivity index (χ4n) is 0. The van der Waals surface area contributed by atoms with Crippen molar-refractivity contribution in [3.8, 4) is 0 Å². The van der Waals surface area contributed by atoms with E-state index < -0.39 is 5.97 Å². The van der Waals surface area contributed by atoms with Gasteiger partial charge in [-0.1, -0.05) is 0 Å². The maximum absolute atomic E-state index is 9.59. The van der Waals surface area contributed by atoms with Crippen LogP contribution in [0.15, 0.2) is 0 Å². The third-order valence-electron chi connectivity index (χ3n) is 0.327. The number of ether oxygens (including phenoxy) is 1. The summed E-state index contributed by atoms with van der Waals surface area (Å²) in [6, 6.07) is 0. The molecular weight excluding hydrogens is 262 g/mol. The summed E-state index contributed by atoms with van der Waals surface area (Å²) < 4.78 is 4.11. The Labute approximate surface area is 174 Å². The van der Waals surface area contributed by atoms with Crippen LogP contribution in [0.25, 0.3) is 0 Å². The first-order chi connectivity index (χ1) is 5.92. The minimum absolute atomic E-state index is 0. The molecule has 0 saturated carbocycles. The molecule has 1 N–H and O–H groups in total. The Bertz CT molecular complexity index is 152. The number of carboxylic acids is 1. The Hall–Kier alpha value is 1.64. The maximum atomic E-state index is 9.59. The molecule has 0 atom stereocenters. The summed E-state index contributed by atoms with van der Waals surface area (Å²) in [7, 11) is 1.35. The molecule has 0 spiro atoms. The first-order valence-electron chi connectivity index (χ1n) is 2.88. The molecule has 0 radical (unpaired) electrons. The Balaban J connectivity index is -0.0000000216. The quantitative estimate of drug-likeness (QED) is 0.166. The SMILES string of the molecule is CC(=O)O.COC(C)=O.O=CO[O-].[H-].[K+].[K+]. The van der Waals surface area contributed by atoms with Crippen LogP contribution in [0.1, 0.15) is 15.3 Å². The van der Waals surface area contributed by atoms with E-state index in [2.05, 4.69) is 9.62 Å². The van der Waals surface area contributed by atoms with E-state index in [4.69, 9.17) is 20.0 Å². The van der Waals surface area contributed by atoms with Gasteiger partial charge in [0.25, 0.3) is 12.4 Å². The minimum Gasteiger partial charge on any atom is -1.00 e. The number of rotatable bonds is 1. The molecule has 0 aromatic carbocycles. The molecule has 9 heteroatoms. The third-order valence-corrected chi connectivity index (χ3v) is 0.327. The molecular formula is C6H12K2O7. The van der Waals surface area contributed by atoms with Gasteiger partial charge >= 0.3 is 109 Å². The molecule has 0 fully saturated rings. The van der Waals surface area contributed by atoms with Crippen LogP contribution in [0, 0.1) is 0 Å². The number of methoxy groups -OCH3 is 1. The smallest absolute Gasteiger partial charge is 1.00 e. The molecule has 0 rings (SSSR count). The van der Waals surface area contributed by atoms with E-state index in [9.17, 15) is 4.79 Å². The number of esters is 1. The molecule has 0 bridgehead atoms. The molecule has 0 aliphatic heterocycles. The van der Waals surface area contributed by atoms with Gasteiger partial charge in [0.1, 0.15) is 0 Å². The van der Waals surface area contributed by atoms with Crippen LogP contribution in [0.3, 0.4) is 0 Å². The van der Waals surface area contributed by atoms with Gasteiger partial charge in [-0.3, -0.25) is 14.4 Å². The van der Waals surface area contributed by atoms with E-state index in [1.165, 1.54) is 14.0 Å². The number of carbonyl (C=O) groups excluding carboxylic acids is 2. The predicted octanol–water partition coefficient (Wildman–Crippen LogP) is -7.17. The van der Waals surface area contributed by atoms with Gasteiger partial charge in [0.15, 0.2) is 0 Å². The van der Waals surface area contributed by atoms with Crippen LogP contribution in [-0.2, 0) is 24.0 Å². The summed E-state index contributed by atoms with van der Waals surface area (Å²) in [6.45, 7) is 2.26. The monoisotopic (exact) mass is 274 g/mol. The van der Waals surface area contributed by atoms with Crippen molar-refractivity contribution in [2.75, 3.05) is 7.11 Å². The zero-order valence-electron chi connectivity index (χ0n) is 10.5. The van der Waals surface area contributed by atoms with Crippen molar-refractivity contribution < 1.29 is 139 Å². The van der Waals surface area contributed by atoms with Crippen LogP contribution in [0.5, 0.6) is 0 Å². The second kappa shape index (κ2) is 29.6. The first kappa shape index (κ1) is 30.0. The predicted molar refractivity (Wildman–Crippen MR) is 39.3 cm³/mol. The summed E-state index contributed by atoms with van der Waals surface area (Å²) in [5.41, 5.74) is 0. The van der Waals surface area contributed by atoms with E-state index in [1.54, 1.807) is 0 Å². The standard InChI is InChI=1S/C3H6O2.C2H4O2.CH2O3.2K.H/c1-3(4)5-2;1-2(3)4;2-1-4-3;;;/h1-2H3;1H3,(H,3,4);1,3H;;;/q;;;2*+1;-1/p-1. The van der Waals surface area contributed by atoms with E-state index in [0.717, 1.165) is 6.92 Å². The number of hydrogen-bond donors (Lipinski definition) is 1. The minimum atomic E-state index is -0.833. The number of hydrogen-bond acceptors (Lipinski definition) is 6. The van der Waals surface area contributed by atoms with E-state index in [-0.39, 0.29) is 117 Å². The van der Waals surface area contributed by atoms with E-state index in [0.29, 0.717) is 0 Å². The molecule has 0 aromatic rings. The molecule has 7 nitrogen and oxygen atoms in total. The van der Waals surface area contributed by atoms with Gasteiger partial charge in [-0.15, -0.1) is 0 Å². The zero-order chi connectivity index (χ0) is 11.3. The van der Waals surface area contributed by atoms with Gasteiger partial charge in [0, 0.05) is 13.8 Å². The average molecular weight is 274 g/mol. The van der Waals surface area contributed by atoms with Gasteiger partial charge < -0.3 is 21.4 Å². The van der Waals surface area contributed by atoms with E-state index >= 15 is 0 Å². The molecule has 0 aliphatic carbocycles. The fourth-order valence-corrected chi connectivity index (χ4v) is 0. The van der Waals surface area contributed by atoms with Crippen molar-refractivity contribution in [1.82, 2.24) is 0 Å². The van der Waals surface area contributed by atoms with Crippen molar-refractivity contribution in [1.29, 1.82) is 0 Å². The Kier molecular flexibility index (Phi) is 59.3. The van der Waals surface area contributed by atoms with Crippen LogP contribution in [0.4, 0.5) is 0 Å². The summed E-state index contributed by atoms with van der Waals surface area (Å²) in [5.74, 6) is -1.08. The third kappa shape index (κ3) is 135. The number of carboxylic acid groups (broad SMARTS) is 1. The van der Waals surface area contributed by atoms with Crippen LogP contribution >= 0.6 is 0 Å². The summed E-state index contributed by atoms with van der Waals surface area (Å²) >= 11 is 0. The van der Waals surface area contributed by atoms with Gasteiger partial charge in [0.2, 0.25) is 0 Å². The summed E-state index contributed by atoms with van der Waals surface area (Å²) in [4.78, 5) is 29.8. The van der Waals surface area contributed by atoms with Crippen LogP contribution in [0.2, 0.25) is 0 Å². The maximum Gasteiger partial charge on any atom is 1.00 e. The molecule has 0 aromatic heterocycles. The van der Waals surface area contributed by atoms with Crippen LogP contribution in [-0.4, -0.2) is 30.6 Å². The van der Waals surface area contributed by atoms with Gasteiger partial charge in [-0.2, -0.15) is 0 Å². The van der Waals surface area contributed by atoms with Gasteiger partial charge in [-0.05, 0) is 0 Å². The van der Waals surface area contributed by atoms with Crippen molar-refractivity contribution in [3.63, 3.8) is 0 Å². The van der Waals surface area contributed by atoms with Crippen LogP contribution < -0.4 is 108 Å². The van der Waals surface area contributed by atoms with Gasteiger partial charge in [0.05, 0.1) is 7.11 Å².